The average Bonchev–Trinajstić information content (AvgIpc) is 1.99. The summed E-state index contributed by atoms with van der Waals surface area (Å²) in [4.78, 5) is 0. The molecule has 10 heavy (non-hydrogen) atoms. The number of halogens is 1. The first-order chi connectivity index (χ1) is 4.74. The van der Waals surface area contributed by atoms with Gasteiger partial charge in [0.2, 0.25) is 0 Å². The molecule has 0 fully saturated rings. The van der Waals surface area contributed by atoms with Crippen LogP contribution < -0.4 is 0 Å². The van der Waals surface area contributed by atoms with Gasteiger partial charge in [0.15, 0.2) is 0 Å². The van der Waals surface area contributed by atoms with Gasteiger partial charge in [-0.3, -0.25) is 4.39 Å². The third kappa shape index (κ3) is 3.83. The molecule has 0 aromatic carbocycles. The van der Waals surface area contributed by atoms with E-state index in [1.807, 2.05) is 13.8 Å². The van der Waals surface area contributed by atoms with E-state index < -0.39 is 0 Å². The first-order valence-corrected chi connectivity index (χ1v) is 3.91. The zero-order chi connectivity index (χ0) is 7.98. The molecule has 0 unspecified atom stereocenters. The Labute approximate surface area is 62.3 Å². The minimum absolute atomic E-state index is 0.108. The van der Waals surface area contributed by atoms with Crippen molar-refractivity contribution < 1.29 is 9.50 Å². The Morgan fingerprint density at radius 1 is 1.50 bits per heavy atom. The Morgan fingerprint density at radius 2 is 2.10 bits per heavy atom. The van der Waals surface area contributed by atoms with Crippen LogP contribution in [0, 0.1) is 11.8 Å². The van der Waals surface area contributed by atoms with Crippen molar-refractivity contribution in [2.45, 2.75) is 26.7 Å². The van der Waals surface area contributed by atoms with E-state index in [0.717, 1.165) is 12.8 Å². The summed E-state index contributed by atoms with van der Waals surface area (Å²) in [5.74, 6) is 0.405. The van der Waals surface area contributed by atoms with Crippen molar-refractivity contribution in [1.29, 1.82) is 0 Å². The molecule has 0 bridgehead atoms. The lowest BCUT2D eigenvalue weighted by atomic mass is 9.95. The van der Waals surface area contributed by atoms with Crippen molar-refractivity contribution in [3.8, 4) is 0 Å². The maximum absolute atomic E-state index is 11.9. The van der Waals surface area contributed by atoms with Crippen LogP contribution in [0.4, 0.5) is 4.39 Å². The summed E-state index contributed by atoms with van der Waals surface area (Å²) in [5, 5.41) is 8.75. The van der Waals surface area contributed by atoms with Crippen LogP contribution >= 0.6 is 0 Å². The molecular weight excluding hydrogens is 131 g/mol. The van der Waals surface area contributed by atoms with E-state index in [-0.39, 0.29) is 19.2 Å². The van der Waals surface area contributed by atoms with Gasteiger partial charge in [-0.1, -0.05) is 20.3 Å². The first-order valence-electron chi connectivity index (χ1n) is 3.91. The number of hydrogen-bond acceptors (Lipinski definition) is 1. The number of hydrogen-bond donors (Lipinski definition) is 1. The van der Waals surface area contributed by atoms with Gasteiger partial charge in [0.1, 0.15) is 0 Å². The Balaban J connectivity index is 3.41. The lowest BCUT2D eigenvalue weighted by Gasteiger charge is -2.14. The Bertz CT molecular complexity index is 71.7. The maximum atomic E-state index is 11.9. The molecular formula is C8H17FO. The molecule has 0 rings (SSSR count). The van der Waals surface area contributed by atoms with Crippen molar-refractivity contribution in [3.63, 3.8) is 0 Å². The third-order valence-corrected chi connectivity index (χ3v) is 1.83. The van der Waals surface area contributed by atoms with Gasteiger partial charge >= 0.3 is 0 Å². The maximum Gasteiger partial charge on any atom is 0.0920 e. The van der Waals surface area contributed by atoms with Gasteiger partial charge in [0.05, 0.1) is 6.67 Å². The highest BCUT2D eigenvalue weighted by Crippen LogP contribution is 2.14. The highest BCUT2D eigenvalue weighted by atomic mass is 19.1. The fourth-order valence-corrected chi connectivity index (χ4v) is 1.00. The standard InChI is InChI=1S/C8H17FO/c1-3-8(6-10)4-7(2)5-9/h7-8,10H,3-6H2,1-2H3/t7-,8-/m1/s1. The molecule has 0 saturated heterocycles. The van der Waals surface area contributed by atoms with E-state index in [0.29, 0.717) is 5.92 Å². The molecule has 0 aliphatic carbocycles. The van der Waals surface area contributed by atoms with Crippen molar-refractivity contribution >= 4 is 0 Å². The van der Waals surface area contributed by atoms with Gasteiger partial charge in [-0.15, -0.1) is 0 Å². The highest BCUT2D eigenvalue weighted by molar-refractivity contribution is 4.59. The van der Waals surface area contributed by atoms with Crippen LogP contribution in [0.2, 0.25) is 0 Å². The summed E-state index contributed by atoms with van der Waals surface area (Å²) in [6, 6.07) is 0. The fraction of sp³-hybridized carbons (Fsp3) is 1.00. The van der Waals surface area contributed by atoms with Gasteiger partial charge in [0, 0.05) is 6.61 Å². The van der Waals surface area contributed by atoms with Crippen LogP contribution in [0.5, 0.6) is 0 Å². The summed E-state index contributed by atoms with van der Waals surface area (Å²) in [7, 11) is 0. The SMILES string of the molecule is CC[C@@H](CO)C[C@@H](C)CF. The second kappa shape index (κ2) is 5.66. The van der Waals surface area contributed by atoms with Crippen molar-refractivity contribution in [3.05, 3.63) is 0 Å². The lowest BCUT2D eigenvalue weighted by Crippen LogP contribution is -2.10. The van der Waals surface area contributed by atoms with Crippen molar-refractivity contribution in [2.75, 3.05) is 13.3 Å². The summed E-state index contributed by atoms with van der Waals surface area (Å²) >= 11 is 0. The van der Waals surface area contributed by atoms with Crippen LogP contribution in [0.3, 0.4) is 0 Å². The van der Waals surface area contributed by atoms with Crippen molar-refractivity contribution in [1.82, 2.24) is 0 Å². The topological polar surface area (TPSA) is 20.2 Å². The molecule has 1 nitrogen and oxygen atoms in total. The molecule has 0 aliphatic rings. The Kier molecular flexibility index (Phi) is 5.60. The van der Waals surface area contributed by atoms with Gasteiger partial charge < -0.3 is 5.11 Å². The van der Waals surface area contributed by atoms with E-state index in [1.165, 1.54) is 0 Å². The molecule has 0 radical (unpaired) electrons. The normalized spacial score (nSPS) is 16.8. The molecule has 1 N–H and O–H groups in total. The fourth-order valence-electron chi connectivity index (χ4n) is 1.00. The smallest absolute Gasteiger partial charge is 0.0920 e. The van der Waals surface area contributed by atoms with Crippen LogP contribution in [0.25, 0.3) is 0 Å². The van der Waals surface area contributed by atoms with Gasteiger partial charge in [-0.05, 0) is 18.3 Å². The largest absolute Gasteiger partial charge is 0.396 e. The van der Waals surface area contributed by atoms with Gasteiger partial charge in [-0.2, -0.15) is 0 Å². The lowest BCUT2D eigenvalue weighted by molar-refractivity contribution is 0.190. The predicted molar refractivity (Wildman–Crippen MR) is 40.6 cm³/mol. The van der Waals surface area contributed by atoms with E-state index in [1.54, 1.807) is 0 Å². The monoisotopic (exact) mass is 148 g/mol. The summed E-state index contributed by atoms with van der Waals surface area (Å²) in [6.07, 6.45) is 1.75. The molecule has 0 aromatic rings. The average molecular weight is 148 g/mol. The van der Waals surface area contributed by atoms with Crippen LogP contribution in [0.15, 0.2) is 0 Å². The van der Waals surface area contributed by atoms with E-state index in [2.05, 4.69) is 0 Å². The molecule has 0 spiro atoms. The molecule has 0 heterocycles. The van der Waals surface area contributed by atoms with Crippen LogP contribution in [-0.4, -0.2) is 18.4 Å². The quantitative estimate of drug-likeness (QED) is 0.632. The molecule has 2 atom stereocenters. The zero-order valence-electron chi connectivity index (χ0n) is 6.81. The molecule has 0 amide bonds. The minimum Gasteiger partial charge on any atom is -0.396 e. The molecule has 62 valence electrons. The second-order valence-corrected chi connectivity index (χ2v) is 2.95. The van der Waals surface area contributed by atoms with Crippen LogP contribution in [0.1, 0.15) is 26.7 Å². The summed E-state index contributed by atoms with van der Waals surface area (Å²) in [6.45, 7) is 3.82. The molecule has 2 heteroatoms. The molecule has 0 aromatic heterocycles. The second-order valence-electron chi connectivity index (χ2n) is 2.95. The number of rotatable bonds is 5. The highest BCUT2D eigenvalue weighted by Gasteiger charge is 2.09. The minimum atomic E-state index is -0.267. The van der Waals surface area contributed by atoms with Gasteiger partial charge in [-0.25, -0.2) is 0 Å². The molecule has 0 aliphatic heterocycles. The van der Waals surface area contributed by atoms with E-state index in [9.17, 15) is 4.39 Å². The zero-order valence-corrected chi connectivity index (χ0v) is 6.81. The van der Waals surface area contributed by atoms with E-state index in [4.69, 9.17) is 5.11 Å². The van der Waals surface area contributed by atoms with Gasteiger partial charge in [0.25, 0.3) is 0 Å². The van der Waals surface area contributed by atoms with Crippen molar-refractivity contribution in [2.24, 2.45) is 11.8 Å². The van der Waals surface area contributed by atoms with Crippen LogP contribution in [-0.2, 0) is 0 Å². The third-order valence-electron chi connectivity index (χ3n) is 1.83. The van der Waals surface area contributed by atoms with E-state index >= 15 is 0 Å². The Hall–Kier alpha value is -0.110. The number of alkyl halides is 1. The Morgan fingerprint density at radius 3 is 2.40 bits per heavy atom. The first kappa shape index (κ1) is 9.89. The number of aliphatic hydroxyl groups is 1. The summed E-state index contributed by atoms with van der Waals surface area (Å²) < 4.78 is 11.9. The number of aliphatic hydroxyl groups excluding tert-OH is 1. The predicted octanol–water partition coefficient (Wildman–Crippen LogP) is 2.00. The summed E-state index contributed by atoms with van der Waals surface area (Å²) in [5.41, 5.74) is 0. The molecule has 0 saturated carbocycles.